The van der Waals surface area contributed by atoms with Gasteiger partial charge in [-0.05, 0) is 69.5 Å². The molecule has 0 aliphatic carbocycles. The molecule has 0 bridgehead atoms. The Kier molecular flexibility index (Phi) is 4.73. The summed E-state index contributed by atoms with van der Waals surface area (Å²) in [6.45, 7) is 5.86. The highest BCUT2D eigenvalue weighted by Gasteiger charge is 2.26. The summed E-state index contributed by atoms with van der Waals surface area (Å²) in [7, 11) is 0. The first-order valence-electron chi connectivity index (χ1n) is 8.03. The van der Waals surface area contributed by atoms with Gasteiger partial charge in [0.2, 0.25) is 11.7 Å². The standard InChI is InChI=1S/C17H22FN3O2/c1-11-9-14(3-4-15(11)18)16-19-17(23-20-16)12(2)21-7-5-13(10-22)6-8-21/h3-4,9,12-13,22H,5-8,10H2,1-2H3. The Balaban J connectivity index is 1.72. The van der Waals surface area contributed by atoms with Crippen molar-refractivity contribution in [2.24, 2.45) is 5.92 Å². The van der Waals surface area contributed by atoms with Crippen LogP contribution in [0.15, 0.2) is 22.7 Å². The van der Waals surface area contributed by atoms with Crippen molar-refractivity contribution < 1.29 is 14.0 Å². The highest BCUT2D eigenvalue weighted by atomic mass is 19.1. The largest absolute Gasteiger partial charge is 0.396 e. The van der Waals surface area contributed by atoms with Crippen molar-refractivity contribution in [3.8, 4) is 11.4 Å². The summed E-state index contributed by atoms with van der Waals surface area (Å²) in [5.74, 6) is 1.22. The summed E-state index contributed by atoms with van der Waals surface area (Å²) >= 11 is 0. The van der Waals surface area contributed by atoms with E-state index in [0.717, 1.165) is 31.5 Å². The first-order chi connectivity index (χ1) is 11.1. The van der Waals surface area contributed by atoms with Crippen molar-refractivity contribution in [3.05, 3.63) is 35.5 Å². The van der Waals surface area contributed by atoms with E-state index in [4.69, 9.17) is 4.52 Å². The maximum absolute atomic E-state index is 13.4. The van der Waals surface area contributed by atoms with E-state index in [2.05, 4.69) is 15.0 Å². The molecular weight excluding hydrogens is 297 g/mol. The molecule has 1 saturated heterocycles. The molecule has 1 aromatic carbocycles. The van der Waals surface area contributed by atoms with E-state index < -0.39 is 0 Å². The average molecular weight is 319 g/mol. The molecule has 1 N–H and O–H groups in total. The molecule has 2 heterocycles. The zero-order valence-electron chi connectivity index (χ0n) is 13.5. The molecule has 1 aromatic heterocycles. The zero-order valence-corrected chi connectivity index (χ0v) is 13.5. The zero-order chi connectivity index (χ0) is 16.4. The Bertz CT molecular complexity index is 666. The van der Waals surface area contributed by atoms with Gasteiger partial charge in [-0.15, -0.1) is 0 Å². The Morgan fingerprint density at radius 2 is 2.13 bits per heavy atom. The molecule has 1 atom stereocenters. The van der Waals surface area contributed by atoms with Crippen LogP contribution < -0.4 is 0 Å². The van der Waals surface area contributed by atoms with Gasteiger partial charge in [0.15, 0.2) is 0 Å². The molecule has 0 radical (unpaired) electrons. The van der Waals surface area contributed by atoms with Crippen molar-refractivity contribution in [3.63, 3.8) is 0 Å². The third-order valence-electron chi connectivity index (χ3n) is 4.67. The van der Waals surface area contributed by atoms with Gasteiger partial charge >= 0.3 is 0 Å². The predicted octanol–water partition coefficient (Wildman–Crippen LogP) is 2.95. The number of aliphatic hydroxyl groups excluding tert-OH is 1. The molecule has 0 spiro atoms. The number of benzene rings is 1. The fourth-order valence-corrected chi connectivity index (χ4v) is 2.98. The van der Waals surface area contributed by atoms with Crippen molar-refractivity contribution in [2.75, 3.05) is 19.7 Å². The van der Waals surface area contributed by atoms with Gasteiger partial charge in [0, 0.05) is 12.2 Å². The van der Waals surface area contributed by atoms with E-state index >= 15 is 0 Å². The number of nitrogens with zero attached hydrogens (tertiary/aromatic N) is 3. The van der Waals surface area contributed by atoms with E-state index in [0.29, 0.717) is 23.2 Å². The third-order valence-corrected chi connectivity index (χ3v) is 4.67. The van der Waals surface area contributed by atoms with Gasteiger partial charge in [-0.3, -0.25) is 4.90 Å². The monoisotopic (exact) mass is 319 g/mol. The maximum Gasteiger partial charge on any atom is 0.244 e. The summed E-state index contributed by atoms with van der Waals surface area (Å²) in [6.07, 6.45) is 1.97. The number of likely N-dealkylation sites (tertiary alicyclic amines) is 1. The number of hydrogen-bond acceptors (Lipinski definition) is 5. The van der Waals surface area contributed by atoms with Gasteiger partial charge in [0.25, 0.3) is 0 Å². The normalized spacial score (nSPS) is 18.3. The molecule has 3 rings (SSSR count). The van der Waals surface area contributed by atoms with E-state index in [9.17, 15) is 9.50 Å². The van der Waals surface area contributed by atoms with Crippen LogP contribution in [0.3, 0.4) is 0 Å². The van der Waals surface area contributed by atoms with Crippen LogP contribution in [0.4, 0.5) is 4.39 Å². The minimum atomic E-state index is -0.238. The number of hydrogen-bond donors (Lipinski definition) is 1. The molecule has 1 aliphatic rings. The molecule has 0 saturated carbocycles. The van der Waals surface area contributed by atoms with E-state index in [1.165, 1.54) is 6.07 Å². The van der Waals surface area contributed by atoms with E-state index in [-0.39, 0.29) is 18.5 Å². The highest BCUT2D eigenvalue weighted by molar-refractivity contribution is 5.55. The van der Waals surface area contributed by atoms with Crippen LogP contribution in [-0.4, -0.2) is 39.8 Å². The van der Waals surface area contributed by atoms with Gasteiger partial charge in [-0.2, -0.15) is 4.98 Å². The summed E-state index contributed by atoms with van der Waals surface area (Å²) < 4.78 is 18.8. The second-order valence-electron chi connectivity index (χ2n) is 6.26. The molecule has 5 nitrogen and oxygen atoms in total. The molecule has 23 heavy (non-hydrogen) atoms. The smallest absolute Gasteiger partial charge is 0.244 e. The Hall–Kier alpha value is -1.79. The number of aromatic nitrogens is 2. The van der Waals surface area contributed by atoms with Crippen molar-refractivity contribution in [1.29, 1.82) is 0 Å². The van der Waals surface area contributed by atoms with Gasteiger partial charge in [0.1, 0.15) is 5.82 Å². The minimum absolute atomic E-state index is 0.0393. The topological polar surface area (TPSA) is 62.4 Å². The second kappa shape index (κ2) is 6.76. The molecule has 6 heteroatoms. The molecule has 1 unspecified atom stereocenters. The van der Waals surface area contributed by atoms with Crippen LogP contribution in [-0.2, 0) is 0 Å². The number of aryl methyl sites for hydroxylation is 1. The number of rotatable bonds is 4. The van der Waals surface area contributed by atoms with E-state index in [1.807, 2.05) is 6.92 Å². The van der Waals surface area contributed by atoms with Crippen LogP contribution in [0.25, 0.3) is 11.4 Å². The lowest BCUT2D eigenvalue weighted by Crippen LogP contribution is -2.36. The maximum atomic E-state index is 13.4. The van der Waals surface area contributed by atoms with Crippen LogP contribution in [0.2, 0.25) is 0 Å². The second-order valence-corrected chi connectivity index (χ2v) is 6.26. The fourth-order valence-electron chi connectivity index (χ4n) is 2.98. The molecule has 1 fully saturated rings. The summed E-state index contributed by atoms with van der Waals surface area (Å²) in [4.78, 5) is 6.77. The van der Waals surface area contributed by atoms with Crippen molar-refractivity contribution >= 4 is 0 Å². The molecule has 2 aromatic rings. The molecule has 124 valence electrons. The number of piperidine rings is 1. The Labute approximate surface area is 135 Å². The minimum Gasteiger partial charge on any atom is -0.396 e. The first kappa shape index (κ1) is 16.1. The van der Waals surface area contributed by atoms with Crippen molar-refractivity contribution in [2.45, 2.75) is 32.7 Å². The van der Waals surface area contributed by atoms with Crippen molar-refractivity contribution in [1.82, 2.24) is 15.0 Å². The van der Waals surface area contributed by atoms with Gasteiger partial charge in [-0.25, -0.2) is 4.39 Å². The van der Waals surface area contributed by atoms with Crippen LogP contribution in [0, 0.1) is 18.7 Å². The molecular formula is C17H22FN3O2. The van der Waals surface area contributed by atoms with Crippen LogP contribution in [0.5, 0.6) is 0 Å². The fraction of sp³-hybridized carbons (Fsp3) is 0.529. The average Bonchev–Trinajstić information content (AvgIpc) is 3.07. The van der Waals surface area contributed by atoms with E-state index in [1.54, 1.807) is 19.1 Å². The molecule has 0 amide bonds. The summed E-state index contributed by atoms with van der Waals surface area (Å²) in [6, 6.07) is 4.84. The number of aliphatic hydroxyl groups is 1. The van der Waals surface area contributed by atoms with Gasteiger partial charge in [0.05, 0.1) is 6.04 Å². The third kappa shape index (κ3) is 3.43. The summed E-state index contributed by atoms with van der Waals surface area (Å²) in [5.41, 5.74) is 1.32. The lowest BCUT2D eigenvalue weighted by atomic mass is 9.97. The SMILES string of the molecule is Cc1cc(-c2noc(C(C)N3CCC(CO)CC3)n2)ccc1F. The highest BCUT2D eigenvalue weighted by Crippen LogP contribution is 2.27. The lowest BCUT2D eigenvalue weighted by molar-refractivity contribution is 0.0929. The Morgan fingerprint density at radius 3 is 2.78 bits per heavy atom. The predicted molar refractivity (Wildman–Crippen MR) is 84.2 cm³/mol. The Morgan fingerprint density at radius 1 is 1.39 bits per heavy atom. The van der Waals surface area contributed by atoms with Gasteiger partial charge in [-0.1, -0.05) is 5.16 Å². The van der Waals surface area contributed by atoms with Crippen LogP contribution >= 0.6 is 0 Å². The summed E-state index contributed by atoms with van der Waals surface area (Å²) in [5, 5.41) is 13.2. The van der Waals surface area contributed by atoms with Gasteiger partial charge < -0.3 is 9.63 Å². The quantitative estimate of drug-likeness (QED) is 0.939. The molecule has 1 aliphatic heterocycles. The van der Waals surface area contributed by atoms with Crippen LogP contribution in [0.1, 0.15) is 37.3 Å². The number of halogens is 1. The lowest BCUT2D eigenvalue weighted by Gasteiger charge is -2.33. The first-order valence-corrected chi connectivity index (χ1v) is 8.03.